The molecule has 114 valence electrons. The van der Waals surface area contributed by atoms with Gasteiger partial charge in [-0.2, -0.15) is 4.98 Å². The second-order valence-electron chi connectivity index (χ2n) is 4.24. The van der Waals surface area contributed by atoms with Gasteiger partial charge in [-0.25, -0.2) is 4.98 Å². The number of methoxy groups -OCH3 is 2. The van der Waals surface area contributed by atoms with E-state index in [2.05, 4.69) is 31.8 Å². The van der Waals surface area contributed by atoms with Gasteiger partial charge in [0.25, 0.3) is 0 Å². The Morgan fingerprint density at radius 2 is 2.10 bits per heavy atom. The molecule has 0 saturated heterocycles. The lowest BCUT2D eigenvalue weighted by atomic mass is 10.1. The summed E-state index contributed by atoms with van der Waals surface area (Å²) >= 11 is 1.37. The number of aryl methyl sites for hydroxylation is 1. The molecule has 0 aliphatic rings. The number of aromatic nitrogens is 4. The maximum atomic E-state index is 5.36. The van der Waals surface area contributed by atoms with Crippen LogP contribution < -0.4 is 14.8 Å². The second-order valence-corrected chi connectivity index (χ2v) is 5.02. The summed E-state index contributed by atoms with van der Waals surface area (Å²) in [7, 11) is 3.12. The third kappa shape index (κ3) is 3.27. The molecule has 0 aliphatic heterocycles. The number of ether oxygens (including phenoxy) is 2. The molecular weight excluding hydrogens is 290 g/mol. The van der Waals surface area contributed by atoms with Crippen LogP contribution in [0, 0.1) is 0 Å². The third-order valence-corrected chi connectivity index (χ3v) is 3.84. The van der Waals surface area contributed by atoms with Crippen molar-refractivity contribution in [1.82, 2.24) is 24.9 Å². The quantitative estimate of drug-likeness (QED) is 0.832. The Balaban J connectivity index is 2.47. The number of rotatable bonds is 7. The molecule has 2 heterocycles. The van der Waals surface area contributed by atoms with E-state index < -0.39 is 0 Å². The summed E-state index contributed by atoms with van der Waals surface area (Å²) in [5, 5.41) is 7.56. The van der Waals surface area contributed by atoms with Crippen LogP contribution in [-0.2, 0) is 6.42 Å². The first-order valence-electron chi connectivity index (χ1n) is 6.74. The highest BCUT2D eigenvalue weighted by molar-refractivity contribution is 7.05. The first-order valence-corrected chi connectivity index (χ1v) is 7.51. The van der Waals surface area contributed by atoms with E-state index in [0.717, 1.165) is 23.5 Å². The molecule has 0 radical (unpaired) electrons. The van der Waals surface area contributed by atoms with Crippen LogP contribution in [0.5, 0.6) is 11.8 Å². The topological polar surface area (TPSA) is 82.1 Å². The Labute approximate surface area is 127 Å². The smallest absolute Gasteiger partial charge is 0.240 e. The zero-order valence-electron chi connectivity index (χ0n) is 12.6. The standard InChI is InChI=1S/C13H19N5O2S/c1-5-8-12(21-18-17-8)10(14-6-2)11-13(20-4)16-9(19-3)7-15-11/h7,10,14H,5-6H2,1-4H3. The molecule has 2 rings (SSSR count). The first kappa shape index (κ1) is 15.6. The van der Waals surface area contributed by atoms with Gasteiger partial charge in [0.15, 0.2) is 0 Å². The molecule has 0 amide bonds. The largest absolute Gasteiger partial charge is 0.480 e. The van der Waals surface area contributed by atoms with Crippen molar-refractivity contribution in [3.63, 3.8) is 0 Å². The first-order chi connectivity index (χ1) is 10.2. The molecule has 0 bridgehead atoms. The molecule has 1 unspecified atom stereocenters. The predicted molar refractivity (Wildman–Crippen MR) is 79.9 cm³/mol. The highest BCUT2D eigenvalue weighted by Crippen LogP contribution is 2.31. The summed E-state index contributed by atoms with van der Waals surface area (Å²) in [6, 6.07) is -0.140. The van der Waals surface area contributed by atoms with Crippen molar-refractivity contribution in [2.45, 2.75) is 26.3 Å². The lowest BCUT2D eigenvalue weighted by molar-refractivity contribution is 0.353. The van der Waals surface area contributed by atoms with E-state index >= 15 is 0 Å². The van der Waals surface area contributed by atoms with Crippen molar-refractivity contribution in [2.24, 2.45) is 0 Å². The Morgan fingerprint density at radius 3 is 2.71 bits per heavy atom. The number of nitrogens with zero attached hydrogens (tertiary/aromatic N) is 4. The van der Waals surface area contributed by atoms with Crippen molar-refractivity contribution in [1.29, 1.82) is 0 Å². The summed E-state index contributed by atoms with van der Waals surface area (Å²) in [5.41, 5.74) is 1.67. The van der Waals surface area contributed by atoms with Crippen LogP contribution in [0.3, 0.4) is 0 Å². The van der Waals surface area contributed by atoms with Crippen molar-refractivity contribution in [3.8, 4) is 11.8 Å². The molecule has 1 N–H and O–H groups in total. The van der Waals surface area contributed by atoms with Crippen molar-refractivity contribution >= 4 is 11.5 Å². The van der Waals surface area contributed by atoms with Crippen LogP contribution in [-0.4, -0.2) is 40.3 Å². The summed E-state index contributed by atoms with van der Waals surface area (Å²) in [6.07, 6.45) is 2.40. The molecule has 0 spiro atoms. The van der Waals surface area contributed by atoms with Crippen LogP contribution in [0.2, 0.25) is 0 Å². The van der Waals surface area contributed by atoms with Gasteiger partial charge in [0.1, 0.15) is 5.69 Å². The fourth-order valence-electron chi connectivity index (χ4n) is 2.01. The van der Waals surface area contributed by atoms with Gasteiger partial charge >= 0.3 is 0 Å². The third-order valence-electron chi connectivity index (χ3n) is 3.01. The van der Waals surface area contributed by atoms with E-state index in [9.17, 15) is 0 Å². The Morgan fingerprint density at radius 1 is 1.29 bits per heavy atom. The van der Waals surface area contributed by atoms with Gasteiger partial charge in [-0.1, -0.05) is 18.3 Å². The van der Waals surface area contributed by atoms with Crippen molar-refractivity contribution in [3.05, 3.63) is 22.5 Å². The molecule has 2 aromatic rings. The molecular formula is C13H19N5O2S. The van der Waals surface area contributed by atoms with Gasteiger partial charge in [0, 0.05) is 0 Å². The summed E-state index contributed by atoms with van der Waals surface area (Å²) in [6.45, 7) is 4.87. The molecule has 7 nitrogen and oxygen atoms in total. The van der Waals surface area contributed by atoms with Crippen LogP contribution in [0.4, 0.5) is 0 Å². The molecule has 1 atom stereocenters. The fourth-order valence-corrected chi connectivity index (χ4v) is 2.83. The van der Waals surface area contributed by atoms with Gasteiger partial charge in [-0.15, -0.1) is 5.10 Å². The minimum Gasteiger partial charge on any atom is -0.480 e. The highest BCUT2D eigenvalue weighted by atomic mass is 32.1. The molecule has 21 heavy (non-hydrogen) atoms. The average Bonchev–Trinajstić information content (AvgIpc) is 3.00. The van der Waals surface area contributed by atoms with Crippen LogP contribution in [0.1, 0.15) is 36.2 Å². The zero-order chi connectivity index (χ0) is 15.2. The average molecular weight is 309 g/mol. The molecule has 0 aliphatic carbocycles. The van der Waals surface area contributed by atoms with Gasteiger partial charge < -0.3 is 14.8 Å². The summed E-state index contributed by atoms with van der Waals surface area (Å²) < 4.78 is 14.5. The van der Waals surface area contributed by atoms with Gasteiger partial charge in [0.2, 0.25) is 11.8 Å². The lowest BCUT2D eigenvalue weighted by Gasteiger charge is -2.18. The van der Waals surface area contributed by atoms with Gasteiger partial charge in [-0.05, 0) is 24.5 Å². The molecule has 0 aromatic carbocycles. The molecule has 0 saturated carbocycles. The Kier molecular flexibility index (Phi) is 5.40. The Hall–Kier alpha value is -1.80. The molecule has 2 aromatic heterocycles. The van der Waals surface area contributed by atoms with Crippen LogP contribution in [0.25, 0.3) is 0 Å². The second kappa shape index (κ2) is 7.28. The minimum atomic E-state index is -0.140. The number of hydrogen-bond donors (Lipinski definition) is 1. The molecule has 0 fully saturated rings. The minimum absolute atomic E-state index is 0.140. The van der Waals surface area contributed by atoms with Crippen molar-refractivity contribution in [2.75, 3.05) is 20.8 Å². The van der Waals surface area contributed by atoms with Crippen molar-refractivity contribution < 1.29 is 9.47 Å². The van der Waals surface area contributed by atoms with E-state index in [1.54, 1.807) is 20.4 Å². The van der Waals surface area contributed by atoms with E-state index in [4.69, 9.17) is 9.47 Å². The Bertz CT molecular complexity index is 590. The normalized spacial score (nSPS) is 12.2. The van der Waals surface area contributed by atoms with E-state index in [-0.39, 0.29) is 6.04 Å². The number of nitrogens with one attached hydrogen (secondary N) is 1. The predicted octanol–water partition coefficient (Wildman–Crippen LogP) is 1.61. The van der Waals surface area contributed by atoms with Gasteiger partial charge in [0.05, 0.1) is 37.0 Å². The van der Waals surface area contributed by atoms with E-state index in [1.807, 2.05) is 6.92 Å². The van der Waals surface area contributed by atoms with Crippen LogP contribution in [0.15, 0.2) is 6.20 Å². The van der Waals surface area contributed by atoms with Gasteiger partial charge in [-0.3, -0.25) is 0 Å². The monoisotopic (exact) mass is 309 g/mol. The highest BCUT2D eigenvalue weighted by Gasteiger charge is 2.25. The van der Waals surface area contributed by atoms with Crippen LogP contribution >= 0.6 is 11.5 Å². The molecule has 8 heteroatoms. The van der Waals surface area contributed by atoms with E-state index in [0.29, 0.717) is 17.5 Å². The maximum absolute atomic E-state index is 5.36. The SMILES string of the molecule is CCNC(c1ncc(OC)nc1OC)c1snnc1CC. The summed E-state index contributed by atoms with van der Waals surface area (Å²) in [4.78, 5) is 9.78. The lowest BCUT2D eigenvalue weighted by Crippen LogP contribution is -2.24. The summed E-state index contributed by atoms with van der Waals surface area (Å²) in [5.74, 6) is 0.861. The maximum Gasteiger partial charge on any atom is 0.240 e. The fraction of sp³-hybridized carbons (Fsp3) is 0.538. The zero-order valence-corrected chi connectivity index (χ0v) is 13.4. The number of hydrogen-bond acceptors (Lipinski definition) is 8. The van der Waals surface area contributed by atoms with E-state index in [1.165, 1.54) is 11.5 Å².